The zero-order valence-electron chi connectivity index (χ0n) is 13.2. The Bertz CT molecular complexity index is 606. The van der Waals surface area contributed by atoms with Gasteiger partial charge in [-0.2, -0.15) is 0 Å². The third kappa shape index (κ3) is 5.12. The van der Waals surface area contributed by atoms with E-state index in [1.165, 1.54) is 24.3 Å². The molecule has 1 aromatic rings. The molecule has 2 atom stereocenters. The number of nitrogens with zero attached hydrogens (tertiary/aromatic N) is 1. The van der Waals surface area contributed by atoms with E-state index in [1.807, 2.05) is 14.1 Å². The van der Waals surface area contributed by atoms with Crippen LogP contribution in [0.15, 0.2) is 29.2 Å². The summed E-state index contributed by atoms with van der Waals surface area (Å²) in [5, 5.41) is 0. The number of rotatable bonds is 7. The molecule has 8 heteroatoms. The summed E-state index contributed by atoms with van der Waals surface area (Å²) >= 11 is 0. The highest BCUT2D eigenvalue weighted by Gasteiger charge is 2.29. The Morgan fingerprint density at radius 1 is 1.26 bits per heavy atom. The molecule has 0 aliphatic heterocycles. The van der Waals surface area contributed by atoms with Crippen molar-refractivity contribution in [2.75, 3.05) is 20.7 Å². The van der Waals surface area contributed by atoms with Crippen molar-refractivity contribution in [2.45, 2.75) is 42.7 Å². The van der Waals surface area contributed by atoms with Gasteiger partial charge in [-0.3, -0.25) is 0 Å². The van der Waals surface area contributed by atoms with Gasteiger partial charge < -0.3 is 9.64 Å². The fraction of sp³-hybridized carbons (Fsp3) is 0.600. The molecule has 2 rings (SSSR count). The smallest absolute Gasteiger partial charge is 0.272 e. The Kier molecular flexibility index (Phi) is 5.94. The van der Waals surface area contributed by atoms with E-state index < -0.39 is 23.1 Å². The number of ether oxygens (including phenoxy) is 1. The van der Waals surface area contributed by atoms with Gasteiger partial charge in [-0.05, 0) is 57.6 Å². The van der Waals surface area contributed by atoms with E-state index in [4.69, 9.17) is 4.74 Å². The van der Waals surface area contributed by atoms with Crippen molar-refractivity contribution in [3.8, 4) is 5.75 Å². The standard InChI is InChI=1S/C15H22F2N2O3S/c1-19(2)12-4-3-11(9-12)18-23(20,21)14-7-5-13(6-8-14)22-10-15(16)17/h5-8,11-12,15,18H,3-4,9-10H2,1-2H3/t11-,12+/m1/s1. The number of hydrogen-bond donors (Lipinski definition) is 1. The van der Waals surface area contributed by atoms with Gasteiger partial charge in [0.2, 0.25) is 10.0 Å². The molecule has 0 radical (unpaired) electrons. The van der Waals surface area contributed by atoms with Crippen LogP contribution in [-0.2, 0) is 10.0 Å². The Hall–Kier alpha value is -1.25. The van der Waals surface area contributed by atoms with Crippen LogP contribution in [0.4, 0.5) is 8.78 Å². The molecule has 5 nitrogen and oxygen atoms in total. The van der Waals surface area contributed by atoms with Crippen LogP contribution >= 0.6 is 0 Å². The van der Waals surface area contributed by atoms with Crippen LogP contribution in [0, 0.1) is 0 Å². The third-order valence-electron chi connectivity index (χ3n) is 3.97. The maximum Gasteiger partial charge on any atom is 0.272 e. The van der Waals surface area contributed by atoms with Gasteiger partial charge in [0.1, 0.15) is 12.4 Å². The lowest BCUT2D eigenvalue weighted by Gasteiger charge is -2.19. The monoisotopic (exact) mass is 348 g/mol. The molecule has 0 aromatic heterocycles. The highest BCUT2D eigenvalue weighted by Crippen LogP contribution is 2.24. The summed E-state index contributed by atoms with van der Waals surface area (Å²) in [7, 11) is 0.358. The molecule has 0 amide bonds. The van der Waals surface area contributed by atoms with Gasteiger partial charge in [0.15, 0.2) is 0 Å². The molecule has 1 aromatic carbocycles. The summed E-state index contributed by atoms with van der Waals surface area (Å²) in [5.74, 6) is 0.220. The van der Waals surface area contributed by atoms with Gasteiger partial charge in [0.05, 0.1) is 4.90 Å². The SMILES string of the molecule is CN(C)[C@H]1CC[C@@H](NS(=O)(=O)c2ccc(OCC(F)F)cc2)C1. The molecule has 1 saturated carbocycles. The normalized spacial score (nSPS) is 22.0. The van der Waals surface area contributed by atoms with Crippen molar-refractivity contribution in [2.24, 2.45) is 0 Å². The zero-order valence-corrected chi connectivity index (χ0v) is 14.0. The minimum absolute atomic E-state index is 0.0813. The number of benzene rings is 1. The number of alkyl halides is 2. The molecule has 1 N–H and O–H groups in total. The molecular formula is C15H22F2N2O3S. The molecule has 1 aliphatic rings. The second-order valence-electron chi connectivity index (χ2n) is 5.92. The van der Waals surface area contributed by atoms with Crippen molar-refractivity contribution in [3.05, 3.63) is 24.3 Å². The number of halogens is 2. The van der Waals surface area contributed by atoms with Crippen molar-refractivity contribution in [1.82, 2.24) is 9.62 Å². The molecule has 0 spiro atoms. The van der Waals surface area contributed by atoms with E-state index in [-0.39, 0.29) is 16.7 Å². The molecule has 1 aliphatic carbocycles. The van der Waals surface area contributed by atoms with Gasteiger partial charge in [-0.1, -0.05) is 0 Å². The fourth-order valence-corrected chi connectivity index (χ4v) is 3.98. The largest absolute Gasteiger partial charge is 0.488 e. The molecule has 0 saturated heterocycles. The lowest BCUT2D eigenvalue weighted by Crippen LogP contribution is -2.34. The topological polar surface area (TPSA) is 58.6 Å². The minimum Gasteiger partial charge on any atom is -0.488 e. The lowest BCUT2D eigenvalue weighted by atomic mass is 10.2. The summed E-state index contributed by atoms with van der Waals surface area (Å²) in [5.41, 5.74) is 0. The Balaban J connectivity index is 1.97. The summed E-state index contributed by atoms with van der Waals surface area (Å²) in [6.07, 6.45) is -0.0212. The van der Waals surface area contributed by atoms with E-state index in [9.17, 15) is 17.2 Å². The van der Waals surface area contributed by atoms with Crippen LogP contribution in [0.3, 0.4) is 0 Å². The van der Waals surface area contributed by atoms with Crippen LogP contribution in [0.2, 0.25) is 0 Å². The van der Waals surface area contributed by atoms with E-state index in [1.54, 1.807) is 0 Å². The fourth-order valence-electron chi connectivity index (χ4n) is 2.70. The Labute approximate surface area is 135 Å². The number of hydrogen-bond acceptors (Lipinski definition) is 4. The first-order valence-electron chi connectivity index (χ1n) is 7.47. The van der Waals surface area contributed by atoms with Gasteiger partial charge >= 0.3 is 0 Å². The van der Waals surface area contributed by atoms with E-state index in [0.29, 0.717) is 6.04 Å². The van der Waals surface area contributed by atoms with Gasteiger partial charge in [-0.25, -0.2) is 21.9 Å². The summed E-state index contributed by atoms with van der Waals surface area (Å²) in [6.45, 7) is -0.710. The second kappa shape index (κ2) is 7.55. The molecule has 0 bridgehead atoms. The van der Waals surface area contributed by atoms with Crippen molar-refractivity contribution in [1.29, 1.82) is 0 Å². The van der Waals surface area contributed by atoms with E-state index >= 15 is 0 Å². The quantitative estimate of drug-likeness (QED) is 0.820. The first-order chi connectivity index (χ1) is 10.8. The Morgan fingerprint density at radius 2 is 1.91 bits per heavy atom. The third-order valence-corrected chi connectivity index (χ3v) is 5.50. The molecule has 0 unspecified atom stereocenters. The molecule has 23 heavy (non-hydrogen) atoms. The summed E-state index contributed by atoms with van der Waals surface area (Å²) in [4.78, 5) is 2.21. The average Bonchev–Trinajstić information content (AvgIpc) is 2.93. The summed E-state index contributed by atoms with van der Waals surface area (Å²) < 4.78 is 56.4. The minimum atomic E-state index is -3.61. The number of nitrogens with one attached hydrogen (secondary N) is 1. The van der Waals surface area contributed by atoms with Crippen molar-refractivity contribution >= 4 is 10.0 Å². The van der Waals surface area contributed by atoms with E-state index in [2.05, 4.69) is 9.62 Å². The lowest BCUT2D eigenvalue weighted by molar-refractivity contribution is 0.0819. The highest BCUT2D eigenvalue weighted by atomic mass is 32.2. The number of sulfonamides is 1. The highest BCUT2D eigenvalue weighted by molar-refractivity contribution is 7.89. The first kappa shape index (κ1) is 18.1. The molecular weight excluding hydrogens is 326 g/mol. The average molecular weight is 348 g/mol. The summed E-state index contributed by atoms with van der Waals surface area (Å²) in [6, 6.07) is 5.79. The predicted molar refractivity (Wildman–Crippen MR) is 83.4 cm³/mol. The van der Waals surface area contributed by atoms with Crippen molar-refractivity contribution in [3.63, 3.8) is 0 Å². The van der Waals surface area contributed by atoms with Crippen LogP contribution in [0.1, 0.15) is 19.3 Å². The predicted octanol–water partition coefficient (Wildman–Crippen LogP) is 2.09. The molecule has 0 heterocycles. The van der Waals surface area contributed by atoms with Crippen molar-refractivity contribution < 1.29 is 21.9 Å². The van der Waals surface area contributed by atoms with E-state index in [0.717, 1.165) is 19.3 Å². The van der Waals surface area contributed by atoms with Crippen LogP contribution in [0.25, 0.3) is 0 Å². The molecule has 130 valence electrons. The Morgan fingerprint density at radius 3 is 2.43 bits per heavy atom. The zero-order chi connectivity index (χ0) is 17.0. The van der Waals surface area contributed by atoms with Gasteiger partial charge in [-0.15, -0.1) is 0 Å². The van der Waals surface area contributed by atoms with Crippen LogP contribution in [0.5, 0.6) is 5.75 Å². The second-order valence-corrected chi connectivity index (χ2v) is 7.64. The van der Waals surface area contributed by atoms with Gasteiger partial charge in [0, 0.05) is 12.1 Å². The molecule has 1 fully saturated rings. The maximum atomic E-state index is 12.4. The van der Waals surface area contributed by atoms with Crippen LogP contribution in [-0.4, -0.2) is 52.5 Å². The van der Waals surface area contributed by atoms with Crippen LogP contribution < -0.4 is 9.46 Å². The maximum absolute atomic E-state index is 12.4. The first-order valence-corrected chi connectivity index (χ1v) is 8.96. The van der Waals surface area contributed by atoms with Gasteiger partial charge in [0.25, 0.3) is 6.43 Å².